The van der Waals surface area contributed by atoms with Crippen LogP contribution in [-0.4, -0.2) is 47.5 Å². The van der Waals surface area contributed by atoms with E-state index in [0.29, 0.717) is 19.0 Å². The Hall–Kier alpha value is -2.04. The molecule has 0 aliphatic rings. The fourth-order valence-electron chi connectivity index (χ4n) is 2.04. The molecule has 1 aromatic heterocycles. The summed E-state index contributed by atoms with van der Waals surface area (Å²) in [4.78, 5) is 4.18. The molecule has 1 heterocycles. The molecule has 1 unspecified atom stereocenters. The number of aliphatic imine (C=N–C) groups is 1. The first-order valence-corrected chi connectivity index (χ1v) is 7.70. The highest BCUT2D eigenvalue weighted by Gasteiger charge is 2.07. The second-order valence-electron chi connectivity index (χ2n) is 5.27. The summed E-state index contributed by atoms with van der Waals surface area (Å²) in [6.45, 7) is 3.14. The number of rotatable bonds is 7. The van der Waals surface area contributed by atoms with E-state index >= 15 is 0 Å². The molecule has 0 amide bonds. The minimum absolute atomic E-state index is 0. The van der Waals surface area contributed by atoms with Crippen molar-refractivity contribution in [2.45, 2.75) is 19.6 Å². The van der Waals surface area contributed by atoms with Crippen molar-refractivity contribution >= 4 is 29.9 Å². The number of hydrogen-bond acceptors (Lipinski definition) is 5. The minimum Gasteiger partial charge on any atom is -0.497 e. The molecular weight excluding hydrogens is 435 g/mol. The van der Waals surface area contributed by atoms with E-state index < -0.39 is 0 Å². The zero-order chi connectivity index (χ0) is 17.4. The van der Waals surface area contributed by atoms with E-state index in [1.165, 1.54) is 0 Å². The summed E-state index contributed by atoms with van der Waals surface area (Å²) in [7, 11) is 5.26. The Kier molecular flexibility index (Phi) is 9.03. The van der Waals surface area contributed by atoms with Gasteiger partial charge in [0.25, 0.3) is 0 Å². The number of halogens is 1. The average Bonchev–Trinajstić information content (AvgIpc) is 3.00. The van der Waals surface area contributed by atoms with Gasteiger partial charge in [-0.15, -0.1) is 34.2 Å². The molecule has 138 valence electrons. The molecule has 25 heavy (non-hydrogen) atoms. The zero-order valence-corrected chi connectivity index (χ0v) is 17.2. The first-order chi connectivity index (χ1) is 11.6. The Balaban J connectivity index is 0.00000312. The lowest BCUT2D eigenvalue weighted by atomic mass is 10.3. The molecule has 0 spiro atoms. The zero-order valence-electron chi connectivity index (χ0n) is 14.9. The number of hydrogen-bond donors (Lipinski definition) is 2. The van der Waals surface area contributed by atoms with Gasteiger partial charge in [-0.05, 0) is 19.1 Å². The average molecular weight is 460 g/mol. The minimum atomic E-state index is -0.0366. The van der Waals surface area contributed by atoms with Gasteiger partial charge in [0.05, 0.1) is 20.2 Å². The predicted molar refractivity (Wildman–Crippen MR) is 108 cm³/mol. The molecule has 2 aromatic rings. The number of guanidine groups is 1. The van der Waals surface area contributed by atoms with Crippen molar-refractivity contribution in [3.8, 4) is 11.5 Å². The lowest BCUT2D eigenvalue weighted by Crippen LogP contribution is -2.41. The summed E-state index contributed by atoms with van der Waals surface area (Å²) in [5, 5.41) is 14.3. The van der Waals surface area contributed by atoms with Gasteiger partial charge in [-0.25, -0.2) is 0 Å². The van der Waals surface area contributed by atoms with Gasteiger partial charge in [-0.2, -0.15) is 0 Å². The smallest absolute Gasteiger partial charge is 0.191 e. The Bertz CT molecular complexity index is 676. The van der Waals surface area contributed by atoms with Crippen LogP contribution in [0.1, 0.15) is 12.7 Å². The fourth-order valence-corrected chi connectivity index (χ4v) is 2.04. The summed E-state index contributed by atoms with van der Waals surface area (Å²) in [6.07, 6.45) is 1.63. The van der Waals surface area contributed by atoms with Crippen LogP contribution in [0.15, 0.2) is 35.6 Å². The van der Waals surface area contributed by atoms with E-state index in [9.17, 15) is 0 Å². The van der Waals surface area contributed by atoms with Gasteiger partial charge in [-0.1, -0.05) is 6.07 Å². The molecule has 9 heteroatoms. The van der Waals surface area contributed by atoms with Gasteiger partial charge in [0.1, 0.15) is 23.9 Å². The van der Waals surface area contributed by atoms with Crippen LogP contribution in [0.3, 0.4) is 0 Å². The number of ether oxygens (including phenoxy) is 2. The van der Waals surface area contributed by atoms with Crippen LogP contribution in [0.25, 0.3) is 0 Å². The highest BCUT2D eigenvalue weighted by Crippen LogP contribution is 2.19. The number of aromatic nitrogens is 3. The van der Waals surface area contributed by atoms with Gasteiger partial charge in [0, 0.05) is 20.2 Å². The van der Waals surface area contributed by atoms with Crippen molar-refractivity contribution in [1.82, 2.24) is 25.4 Å². The van der Waals surface area contributed by atoms with E-state index in [1.54, 1.807) is 20.5 Å². The topological polar surface area (TPSA) is 85.6 Å². The molecule has 2 rings (SSSR count). The second kappa shape index (κ2) is 10.7. The third-order valence-electron chi connectivity index (χ3n) is 3.38. The van der Waals surface area contributed by atoms with Crippen LogP contribution in [0.5, 0.6) is 11.5 Å². The quantitative estimate of drug-likeness (QED) is 0.371. The Morgan fingerprint density at radius 2 is 2.08 bits per heavy atom. The Morgan fingerprint density at radius 3 is 2.72 bits per heavy atom. The van der Waals surface area contributed by atoms with Crippen LogP contribution in [0.2, 0.25) is 0 Å². The van der Waals surface area contributed by atoms with Gasteiger partial charge in [0.2, 0.25) is 0 Å². The number of nitrogens with one attached hydrogen (secondary N) is 2. The van der Waals surface area contributed by atoms with Crippen LogP contribution >= 0.6 is 24.0 Å². The first kappa shape index (κ1) is 21.0. The summed E-state index contributed by atoms with van der Waals surface area (Å²) in [5.74, 6) is 3.05. The van der Waals surface area contributed by atoms with Gasteiger partial charge < -0.3 is 24.7 Å². The molecule has 1 aromatic carbocycles. The normalized spacial score (nSPS) is 12.1. The first-order valence-electron chi connectivity index (χ1n) is 7.70. The van der Waals surface area contributed by atoms with Crippen LogP contribution in [0, 0.1) is 0 Å². The molecule has 0 radical (unpaired) electrons. The third kappa shape index (κ3) is 6.77. The third-order valence-corrected chi connectivity index (χ3v) is 3.38. The number of nitrogens with zero attached hydrogens (tertiary/aromatic N) is 4. The molecule has 1 atom stereocenters. The highest BCUT2D eigenvalue weighted by atomic mass is 127. The molecule has 2 N–H and O–H groups in total. The monoisotopic (exact) mass is 460 g/mol. The van der Waals surface area contributed by atoms with E-state index in [0.717, 1.165) is 17.3 Å². The van der Waals surface area contributed by atoms with Gasteiger partial charge in [0.15, 0.2) is 11.8 Å². The van der Waals surface area contributed by atoms with E-state index in [-0.39, 0.29) is 30.1 Å². The SMILES string of the molecule is CN=C(NCc1nncn1C)NCC(C)Oc1cccc(OC)c1.I. The molecule has 8 nitrogen and oxygen atoms in total. The standard InChI is InChI=1S/C16H24N6O2.HI/c1-12(24-14-7-5-6-13(8-14)23-4)9-18-16(17-2)19-10-15-21-20-11-22(15)3;/h5-8,11-12H,9-10H2,1-4H3,(H2,17,18,19);1H. The predicted octanol–water partition coefficient (Wildman–Crippen LogP) is 1.57. The number of methoxy groups -OCH3 is 1. The molecule has 0 aliphatic carbocycles. The lowest BCUT2D eigenvalue weighted by molar-refractivity contribution is 0.223. The Labute approximate surface area is 165 Å². The van der Waals surface area contributed by atoms with Crippen molar-refractivity contribution < 1.29 is 9.47 Å². The maximum atomic E-state index is 5.87. The van der Waals surface area contributed by atoms with Crippen molar-refractivity contribution in [3.05, 3.63) is 36.4 Å². The highest BCUT2D eigenvalue weighted by molar-refractivity contribution is 14.0. The lowest BCUT2D eigenvalue weighted by Gasteiger charge is -2.18. The van der Waals surface area contributed by atoms with Crippen molar-refractivity contribution in [3.63, 3.8) is 0 Å². The maximum Gasteiger partial charge on any atom is 0.191 e. The molecule has 0 bridgehead atoms. The van der Waals surface area contributed by atoms with Crippen molar-refractivity contribution in [2.75, 3.05) is 20.7 Å². The number of benzene rings is 1. The second-order valence-corrected chi connectivity index (χ2v) is 5.27. The largest absolute Gasteiger partial charge is 0.497 e. The van der Waals surface area contributed by atoms with Crippen molar-refractivity contribution in [2.24, 2.45) is 12.0 Å². The Morgan fingerprint density at radius 1 is 1.32 bits per heavy atom. The van der Waals surface area contributed by atoms with Crippen LogP contribution in [0.4, 0.5) is 0 Å². The summed E-state index contributed by atoms with van der Waals surface area (Å²) < 4.78 is 12.9. The fraction of sp³-hybridized carbons (Fsp3) is 0.438. The molecule has 0 fully saturated rings. The number of aryl methyl sites for hydroxylation is 1. The summed E-state index contributed by atoms with van der Waals surface area (Å²) >= 11 is 0. The van der Waals surface area contributed by atoms with Gasteiger partial charge in [-0.3, -0.25) is 4.99 Å². The van der Waals surface area contributed by atoms with Gasteiger partial charge >= 0.3 is 0 Å². The summed E-state index contributed by atoms with van der Waals surface area (Å²) in [6, 6.07) is 7.54. The summed E-state index contributed by atoms with van der Waals surface area (Å²) in [5.41, 5.74) is 0. The van der Waals surface area contributed by atoms with E-state index in [2.05, 4.69) is 25.8 Å². The van der Waals surface area contributed by atoms with E-state index in [4.69, 9.17) is 9.47 Å². The molecule has 0 saturated carbocycles. The van der Waals surface area contributed by atoms with E-state index in [1.807, 2.05) is 42.8 Å². The molecule has 0 saturated heterocycles. The van der Waals surface area contributed by atoms with Crippen LogP contribution < -0.4 is 20.1 Å². The maximum absolute atomic E-state index is 5.87. The van der Waals surface area contributed by atoms with Crippen molar-refractivity contribution in [1.29, 1.82) is 0 Å². The molecular formula is C16H25IN6O2. The van der Waals surface area contributed by atoms with Crippen LogP contribution in [-0.2, 0) is 13.6 Å². The molecule has 0 aliphatic heterocycles.